The van der Waals surface area contributed by atoms with Crippen molar-refractivity contribution in [1.82, 2.24) is 0 Å². The fourth-order valence-electron chi connectivity index (χ4n) is 1.55. The Kier molecular flexibility index (Phi) is 2.25. The topological polar surface area (TPSA) is 69.9 Å². The molecule has 5 heteroatoms. The molecular formula is C7H15BO4. The zero-order valence-corrected chi connectivity index (χ0v) is 7.61. The number of hydrogen-bond donors (Lipinski definition) is 3. The summed E-state index contributed by atoms with van der Waals surface area (Å²) >= 11 is 0. The van der Waals surface area contributed by atoms with E-state index in [1.54, 1.807) is 14.8 Å². The molecule has 0 amide bonds. The molecule has 0 radical (unpaired) electrons. The second-order valence-electron chi connectivity index (χ2n) is 3.86. The minimum Gasteiger partial charge on any atom is -0.393 e. The Balaban J connectivity index is 2.90. The van der Waals surface area contributed by atoms with Gasteiger partial charge in [0.2, 0.25) is 0 Å². The molecule has 4 nitrogen and oxygen atoms in total. The van der Waals surface area contributed by atoms with E-state index in [9.17, 15) is 10.2 Å². The molecule has 3 N–H and O–H groups in total. The smallest absolute Gasteiger partial charge is 0.143 e. The van der Waals surface area contributed by atoms with Crippen LogP contribution in [0, 0.1) is 0 Å². The summed E-state index contributed by atoms with van der Waals surface area (Å²) in [7, 11) is 1.67. The van der Waals surface area contributed by atoms with E-state index in [2.05, 4.69) is 0 Å². The molecule has 0 unspecified atom stereocenters. The molecule has 0 aromatic carbocycles. The molecule has 1 aliphatic rings. The van der Waals surface area contributed by atoms with Crippen LogP contribution >= 0.6 is 0 Å². The minimum atomic E-state index is -1.28. The van der Waals surface area contributed by atoms with Gasteiger partial charge in [0, 0.05) is 0 Å². The van der Waals surface area contributed by atoms with E-state index in [0.717, 1.165) is 0 Å². The van der Waals surface area contributed by atoms with Gasteiger partial charge in [0.15, 0.2) is 0 Å². The lowest BCUT2D eigenvalue weighted by Crippen LogP contribution is -2.50. The lowest BCUT2D eigenvalue weighted by atomic mass is 9.80. The van der Waals surface area contributed by atoms with Crippen LogP contribution in [-0.2, 0) is 4.74 Å². The van der Waals surface area contributed by atoms with Crippen molar-refractivity contribution in [2.75, 3.05) is 6.61 Å². The Morgan fingerprint density at radius 3 is 2.17 bits per heavy atom. The van der Waals surface area contributed by atoms with Gasteiger partial charge < -0.3 is 20.1 Å². The molecule has 4 atom stereocenters. The highest BCUT2D eigenvalue weighted by Gasteiger charge is 2.56. The molecule has 1 aliphatic heterocycles. The van der Waals surface area contributed by atoms with E-state index in [-0.39, 0.29) is 6.61 Å². The highest BCUT2D eigenvalue weighted by Crippen LogP contribution is 2.36. The summed E-state index contributed by atoms with van der Waals surface area (Å²) in [5, 5.41) is 28.3. The Morgan fingerprint density at radius 2 is 2.00 bits per heavy atom. The number of aliphatic hydroxyl groups is 3. The van der Waals surface area contributed by atoms with Gasteiger partial charge in [-0.2, -0.15) is 0 Å². The van der Waals surface area contributed by atoms with Gasteiger partial charge in [0.1, 0.15) is 25.2 Å². The zero-order chi connectivity index (χ0) is 9.57. The molecule has 1 saturated heterocycles. The Morgan fingerprint density at radius 1 is 1.50 bits per heavy atom. The van der Waals surface area contributed by atoms with E-state index in [1.165, 1.54) is 6.92 Å². The molecular weight excluding hydrogens is 159 g/mol. The summed E-state index contributed by atoms with van der Waals surface area (Å²) in [5.74, 6) is 0. The second kappa shape index (κ2) is 2.70. The largest absolute Gasteiger partial charge is 0.393 e. The van der Waals surface area contributed by atoms with Crippen molar-refractivity contribution in [2.45, 2.75) is 37.2 Å². The summed E-state index contributed by atoms with van der Waals surface area (Å²) in [5.41, 5.74) is -2.32. The van der Waals surface area contributed by atoms with Gasteiger partial charge in [-0.05, 0) is 13.8 Å². The van der Waals surface area contributed by atoms with Crippen molar-refractivity contribution in [2.24, 2.45) is 0 Å². The van der Waals surface area contributed by atoms with Gasteiger partial charge in [-0.3, -0.25) is 0 Å². The number of rotatable bonds is 1. The first-order valence-corrected chi connectivity index (χ1v) is 4.03. The summed E-state index contributed by atoms with van der Waals surface area (Å²) in [6, 6.07) is -0.468. The molecule has 12 heavy (non-hydrogen) atoms. The van der Waals surface area contributed by atoms with Crippen LogP contribution in [-0.4, -0.2) is 53.1 Å². The maximum absolute atomic E-state index is 9.71. The highest BCUT2D eigenvalue weighted by atomic mass is 16.6. The van der Waals surface area contributed by atoms with Gasteiger partial charge in [0.05, 0.1) is 12.6 Å². The van der Waals surface area contributed by atoms with Crippen molar-refractivity contribution < 1.29 is 20.1 Å². The lowest BCUT2D eigenvalue weighted by Gasteiger charge is -2.28. The predicted molar refractivity (Wildman–Crippen MR) is 45.5 cm³/mol. The number of aliphatic hydroxyl groups excluding tert-OH is 2. The fraction of sp³-hybridized carbons (Fsp3) is 1.00. The van der Waals surface area contributed by atoms with Crippen LogP contribution in [0.4, 0.5) is 0 Å². The Hall–Kier alpha value is -0.0951. The first kappa shape index (κ1) is 9.99. The van der Waals surface area contributed by atoms with Crippen molar-refractivity contribution in [1.29, 1.82) is 0 Å². The standard InChI is InChI=1S/C7H15BO4/c1-6(3-9)4(10)7(2,11)5(8)12-6/h4-5,9-11H,3,8H2,1-2H3/t4-,5-,6-,7-/m1/s1. The van der Waals surface area contributed by atoms with Crippen LogP contribution in [0.15, 0.2) is 0 Å². The minimum absolute atomic E-state index is 0.297. The molecule has 0 saturated carbocycles. The van der Waals surface area contributed by atoms with Crippen LogP contribution in [0.5, 0.6) is 0 Å². The molecule has 1 rings (SSSR count). The lowest BCUT2D eigenvalue weighted by molar-refractivity contribution is -0.0937. The van der Waals surface area contributed by atoms with Gasteiger partial charge in [-0.15, -0.1) is 0 Å². The van der Waals surface area contributed by atoms with E-state index in [4.69, 9.17) is 9.84 Å². The SMILES string of the molecule is B[C@@H]1O[C@](C)(CO)[C@@H](O)[C@@]1(C)O. The normalized spacial score (nSPS) is 54.4. The van der Waals surface area contributed by atoms with Crippen molar-refractivity contribution in [3.63, 3.8) is 0 Å². The summed E-state index contributed by atoms with van der Waals surface area (Å²) < 4.78 is 5.28. The van der Waals surface area contributed by atoms with Crippen molar-refractivity contribution in [3.8, 4) is 0 Å². The molecule has 0 spiro atoms. The van der Waals surface area contributed by atoms with Crippen LogP contribution in [0.25, 0.3) is 0 Å². The molecule has 1 heterocycles. The van der Waals surface area contributed by atoms with E-state index >= 15 is 0 Å². The average Bonchev–Trinajstić information content (AvgIpc) is 2.14. The molecule has 0 aromatic heterocycles. The van der Waals surface area contributed by atoms with Crippen LogP contribution in [0.2, 0.25) is 0 Å². The molecule has 0 aliphatic carbocycles. The third-order valence-corrected chi connectivity index (χ3v) is 2.71. The van der Waals surface area contributed by atoms with Gasteiger partial charge >= 0.3 is 0 Å². The predicted octanol–water partition coefficient (Wildman–Crippen LogP) is -2.16. The van der Waals surface area contributed by atoms with Crippen LogP contribution < -0.4 is 0 Å². The van der Waals surface area contributed by atoms with E-state index in [1.807, 2.05) is 0 Å². The average molecular weight is 174 g/mol. The quantitative estimate of drug-likeness (QED) is 0.396. The Labute approximate surface area is 72.6 Å². The summed E-state index contributed by atoms with van der Waals surface area (Å²) in [6.45, 7) is 2.79. The monoisotopic (exact) mass is 174 g/mol. The van der Waals surface area contributed by atoms with Gasteiger partial charge in [-0.1, -0.05) is 0 Å². The third-order valence-electron chi connectivity index (χ3n) is 2.71. The molecule has 0 aromatic rings. The Bertz CT molecular complexity index is 184. The maximum Gasteiger partial charge on any atom is 0.143 e. The second-order valence-corrected chi connectivity index (χ2v) is 3.86. The van der Waals surface area contributed by atoms with Crippen molar-refractivity contribution >= 4 is 7.85 Å². The first-order valence-electron chi connectivity index (χ1n) is 4.03. The molecule has 70 valence electrons. The van der Waals surface area contributed by atoms with Crippen molar-refractivity contribution in [3.05, 3.63) is 0 Å². The van der Waals surface area contributed by atoms with E-state index in [0.29, 0.717) is 0 Å². The van der Waals surface area contributed by atoms with Crippen LogP contribution in [0.1, 0.15) is 13.8 Å². The summed E-state index contributed by atoms with van der Waals surface area (Å²) in [4.78, 5) is 0. The van der Waals surface area contributed by atoms with E-state index < -0.39 is 23.3 Å². The third kappa shape index (κ3) is 1.17. The van der Waals surface area contributed by atoms with Crippen LogP contribution in [0.3, 0.4) is 0 Å². The zero-order valence-electron chi connectivity index (χ0n) is 7.61. The number of ether oxygens (including phenoxy) is 1. The van der Waals surface area contributed by atoms with Gasteiger partial charge in [0.25, 0.3) is 0 Å². The maximum atomic E-state index is 9.71. The molecule has 0 bridgehead atoms. The highest BCUT2D eigenvalue weighted by molar-refractivity contribution is 6.12. The fourth-order valence-corrected chi connectivity index (χ4v) is 1.55. The first-order chi connectivity index (χ1) is 5.34. The molecule has 1 fully saturated rings. The summed E-state index contributed by atoms with van der Waals surface area (Å²) in [6.07, 6.45) is -1.05. The van der Waals surface area contributed by atoms with Gasteiger partial charge in [-0.25, -0.2) is 0 Å². The number of hydrogen-bond acceptors (Lipinski definition) is 4.